The highest BCUT2D eigenvalue weighted by molar-refractivity contribution is 7.89. The van der Waals surface area contributed by atoms with E-state index in [9.17, 15) is 22.0 Å². The first-order valence-corrected chi connectivity index (χ1v) is 13.1. The van der Waals surface area contributed by atoms with E-state index in [1.54, 1.807) is 0 Å². The molecule has 1 N–H and O–H groups in total. The highest BCUT2D eigenvalue weighted by Crippen LogP contribution is 2.36. The van der Waals surface area contributed by atoms with Crippen molar-refractivity contribution >= 4 is 27.5 Å². The Morgan fingerprint density at radius 2 is 1.61 bits per heavy atom. The van der Waals surface area contributed by atoms with Gasteiger partial charge in [0.15, 0.2) is 11.6 Å². The zero-order valence-corrected chi connectivity index (χ0v) is 19.7. The van der Waals surface area contributed by atoms with Gasteiger partial charge in [0.1, 0.15) is 0 Å². The van der Waals surface area contributed by atoms with Gasteiger partial charge in [-0.1, -0.05) is 36.6 Å². The molecular weight excluding hydrogens is 470 g/mol. The Morgan fingerprint density at radius 1 is 0.970 bits per heavy atom. The zero-order chi connectivity index (χ0) is 23.6. The molecule has 2 aliphatic rings. The Labute approximate surface area is 198 Å². The third kappa shape index (κ3) is 5.39. The van der Waals surface area contributed by atoms with Gasteiger partial charge < -0.3 is 5.32 Å². The summed E-state index contributed by atoms with van der Waals surface area (Å²) in [6.45, 7) is 0.295. The van der Waals surface area contributed by atoms with Crippen molar-refractivity contribution in [3.05, 3.63) is 64.7 Å². The van der Waals surface area contributed by atoms with Crippen molar-refractivity contribution in [3.63, 3.8) is 0 Å². The molecule has 2 aromatic rings. The molecule has 1 aliphatic carbocycles. The number of piperidine rings is 1. The topological polar surface area (TPSA) is 66.5 Å². The normalized spacial score (nSPS) is 19.5. The molecule has 1 unspecified atom stereocenters. The fraction of sp³-hybridized carbons (Fsp3) is 0.458. The van der Waals surface area contributed by atoms with Crippen molar-refractivity contribution in [1.29, 1.82) is 0 Å². The minimum atomic E-state index is -3.95. The predicted molar refractivity (Wildman–Crippen MR) is 122 cm³/mol. The van der Waals surface area contributed by atoms with Crippen LogP contribution in [0.15, 0.2) is 47.4 Å². The van der Waals surface area contributed by atoms with Gasteiger partial charge in [0.25, 0.3) is 0 Å². The van der Waals surface area contributed by atoms with Crippen LogP contribution >= 0.6 is 11.6 Å². The SMILES string of the molecule is O=C(NC(c1ccc(Cl)cc1)C1CCCC1)C1CCN(S(=O)(=O)c2ccc(F)c(F)c2)CC1. The summed E-state index contributed by atoms with van der Waals surface area (Å²) in [7, 11) is -3.95. The summed E-state index contributed by atoms with van der Waals surface area (Å²) in [5.41, 5.74) is 1.03. The Bertz CT molecular complexity index is 1100. The molecule has 1 atom stereocenters. The van der Waals surface area contributed by atoms with E-state index in [4.69, 9.17) is 11.6 Å². The van der Waals surface area contributed by atoms with E-state index >= 15 is 0 Å². The summed E-state index contributed by atoms with van der Waals surface area (Å²) < 4.78 is 53.6. The van der Waals surface area contributed by atoms with E-state index in [-0.39, 0.29) is 35.9 Å². The number of carbonyl (C=O) groups excluding carboxylic acids is 1. The Morgan fingerprint density at radius 3 is 2.21 bits per heavy atom. The van der Waals surface area contributed by atoms with Crippen LogP contribution in [0.3, 0.4) is 0 Å². The molecular formula is C24H27ClF2N2O3S. The molecule has 5 nitrogen and oxygen atoms in total. The van der Waals surface area contributed by atoms with Crippen molar-refractivity contribution in [2.45, 2.75) is 49.5 Å². The number of amides is 1. The van der Waals surface area contributed by atoms with Crippen molar-refractivity contribution < 1.29 is 22.0 Å². The van der Waals surface area contributed by atoms with Gasteiger partial charge in [-0.3, -0.25) is 4.79 Å². The van der Waals surface area contributed by atoms with Crippen LogP contribution in [-0.4, -0.2) is 31.7 Å². The van der Waals surface area contributed by atoms with E-state index in [0.717, 1.165) is 43.4 Å². The van der Waals surface area contributed by atoms with Gasteiger partial charge in [-0.15, -0.1) is 0 Å². The number of sulfonamides is 1. The number of benzene rings is 2. The summed E-state index contributed by atoms with van der Waals surface area (Å²) in [4.78, 5) is 12.8. The van der Waals surface area contributed by atoms with Crippen LogP contribution in [0.1, 0.15) is 50.1 Å². The molecule has 1 aliphatic heterocycles. The molecule has 2 aromatic carbocycles. The standard InChI is InChI=1S/C24H27ClF2N2O3S/c25-19-7-5-17(6-8-19)23(16-3-1-2-4-16)28-24(30)18-11-13-29(14-12-18)33(31,32)20-9-10-21(26)22(27)15-20/h5-10,15-16,18,23H,1-4,11-14H2,(H,28,30). The summed E-state index contributed by atoms with van der Waals surface area (Å²) in [5.74, 6) is -2.32. The van der Waals surface area contributed by atoms with Gasteiger partial charge in [-0.25, -0.2) is 17.2 Å². The first-order valence-electron chi connectivity index (χ1n) is 11.3. The van der Waals surface area contributed by atoms with Crippen LogP contribution in [-0.2, 0) is 14.8 Å². The number of halogens is 3. The van der Waals surface area contributed by atoms with E-state index in [1.807, 2.05) is 24.3 Å². The fourth-order valence-corrected chi connectivity index (χ4v) is 6.46. The van der Waals surface area contributed by atoms with Gasteiger partial charge >= 0.3 is 0 Å². The first-order chi connectivity index (χ1) is 15.8. The molecule has 33 heavy (non-hydrogen) atoms. The minimum Gasteiger partial charge on any atom is -0.349 e. The summed E-state index contributed by atoms with van der Waals surface area (Å²) in [5, 5.41) is 3.87. The second-order valence-electron chi connectivity index (χ2n) is 8.84. The van der Waals surface area contributed by atoms with Crippen LogP contribution in [0, 0.1) is 23.5 Å². The van der Waals surface area contributed by atoms with Crippen LogP contribution < -0.4 is 5.32 Å². The zero-order valence-electron chi connectivity index (χ0n) is 18.1. The monoisotopic (exact) mass is 496 g/mol. The maximum Gasteiger partial charge on any atom is 0.243 e. The lowest BCUT2D eigenvalue weighted by Gasteiger charge is -2.32. The van der Waals surface area contributed by atoms with Gasteiger partial charge in [0.2, 0.25) is 15.9 Å². The minimum absolute atomic E-state index is 0.0771. The highest BCUT2D eigenvalue weighted by Gasteiger charge is 2.35. The lowest BCUT2D eigenvalue weighted by atomic mass is 9.90. The largest absolute Gasteiger partial charge is 0.349 e. The van der Waals surface area contributed by atoms with E-state index in [1.165, 1.54) is 4.31 Å². The maximum atomic E-state index is 13.5. The molecule has 178 valence electrons. The quantitative estimate of drug-likeness (QED) is 0.607. The van der Waals surface area contributed by atoms with E-state index in [2.05, 4.69) is 5.32 Å². The van der Waals surface area contributed by atoms with Crippen LogP contribution in [0.2, 0.25) is 5.02 Å². The van der Waals surface area contributed by atoms with Gasteiger partial charge in [-0.05, 0) is 67.5 Å². The molecule has 0 radical (unpaired) electrons. The Balaban J connectivity index is 1.41. The van der Waals surface area contributed by atoms with Crippen molar-refractivity contribution in [2.24, 2.45) is 11.8 Å². The molecule has 2 fully saturated rings. The number of hydrogen-bond donors (Lipinski definition) is 1. The van der Waals surface area contributed by atoms with Crippen LogP contribution in [0.5, 0.6) is 0 Å². The number of rotatable bonds is 6. The molecule has 1 saturated carbocycles. The van der Waals surface area contributed by atoms with Gasteiger partial charge in [-0.2, -0.15) is 4.31 Å². The number of nitrogens with zero attached hydrogens (tertiary/aromatic N) is 1. The lowest BCUT2D eigenvalue weighted by molar-refractivity contribution is -0.127. The van der Waals surface area contributed by atoms with Gasteiger partial charge in [0, 0.05) is 24.0 Å². The van der Waals surface area contributed by atoms with Crippen molar-refractivity contribution in [1.82, 2.24) is 9.62 Å². The smallest absolute Gasteiger partial charge is 0.243 e. The number of hydrogen-bond acceptors (Lipinski definition) is 3. The molecule has 9 heteroatoms. The summed E-state index contributed by atoms with van der Waals surface area (Å²) >= 11 is 6.03. The molecule has 0 bridgehead atoms. The van der Waals surface area contributed by atoms with Crippen LogP contribution in [0.25, 0.3) is 0 Å². The van der Waals surface area contributed by atoms with Crippen molar-refractivity contribution in [3.8, 4) is 0 Å². The predicted octanol–water partition coefficient (Wildman–Crippen LogP) is 5.07. The van der Waals surface area contributed by atoms with E-state index in [0.29, 0.717) is 29.8 Å². The summed E-state index contributed by atoms with van der Waals surface area (Å²) in [6.07, 6.45) is 5.13. The lowest BCUT2D eigenvalue weighted by Crippen LogP contribution is -2.44. The average Bonchev–Trinajstić information content (AvgIpc) is 3.34. The second-order valence-corrected chi connectivity index (χ2v) is 11.2. The third-order valence-corrected chi connectivity index (χ3v) is 8.90. The average molecular weight is 497 g/mol. The Hall–Kier alpha value is -2.03. The molecule has 1 amide bonds. The highest BCUT2D eigenvalue weighted by atomic mass is 35.5. The first kappa shape index (κ1) is 24.1. The fourth-order valence-electron chi connectivity index (χ4n) is 4.85. The molecule has 0 spiro atoms. The number of nitrogens with one attached hydrogen (secondary N) is 1. The number of carbonyl (C=O) groups is 1. The summed E-state index contributed by atoms with van der Waals surface area (Å²) in [6, 6.07) is 10.0. The van der Waals surface area contributed by atoms with Crippen LogP contribution in [0.4, 0.5) is 8.78 Å². The molecule has 0 aromatic heterocycles. The van der Waals surface area contributed by atoms with E-state index < -0.39 is 21.7 Å². The second kappa shape index (κ2) is 10.1. The molecule has 1 heterocycles. The molecule has 1 saturated heterocycles. The van der Waals surface area contributed by atoms with Crippen molar-refractivity contribution in [2.75, 3.05) is 13.1 Å². The maximum absolute atomic E-state index is 13.5. The molecule has 4 rings (SSSR count). The third-order valence-electron chi connectivity index (χ3n) is 6.75. The van der Waals surface area contributed by atoms with Gasteiger partial charge in [0.05, 0.1) is 10.9 Å². The Kier molecular flexibility index (Phi) is 7.36.